The molecule has 4 aromatic rings. The van der Waals surface area contributed by atoms with Crippen molar-refractivity contribution in [2.75, 3.05) is 36.1 Å². The van der Waals surface area contributed by atoms with Crippen LogP contribution in [0.1, 0.15) is 19.8 Å². The molecule has 7 heterocycles. The number of morpholine rings is 2. The van der Waals surface area contributed by atoms with Gasteiger partial charge in [0.2, 0.25) is 0 Å². The first-order chi connectivity index (χ1) is 17.7. The van der Waals surface area contributed by atoms with E-state index in [-0.39, 0.29) is 24.2 Å². The van der Waals surface area contributed by atoms with Gasteiger partial charge in [-0.25, -0.2) is 9.97 Å². The molecule has 0 saturated carbocycles. The normalized spacial score (nSPS) is 24.1. The zero-order valence-electron chi connectivity index (χ0n) is 19.9. The molecule has 0 radical (unpaired) electrons. The van der Waals surface area contributed by atoms with Crippen LogP contribution in [0.15, 0.2) is 42.9 Å². The molecule has 0 aromatic carbocycles. The second-order valence-electron chi connectivity index (χ2n) is 9.55. The van der Waals surface area contributed by atoms with Crippen LogP contribution in [0.25, 0.3) is 28.0 Å². The summed E-state index contributed by atoms with van der Waals surface area (Å²) in [6, 6.07) is 8.08. The maximum atomic E-state index is 12.8. The van der Waals surface area contributed by atoms with Crippen LogP contribution in [0.5, 0.6) is 0 Å². The van der Waals surface area contributed by atoms with Gasteiger partial charge in [-0.05, 0) is 43.5 Å². The molecule has 7 rings (SSSR count). The van der Waals surface area contributed by atoms with E-state index in [1.165, 1.54) is 0 Å². The fourth-order valence-corrected chi connectivity index (χ4v) is 5.38. The smallest absolute Gasteiger partial charge is 0.257 e. The molecule has 3 aliphatic heterocycles. The van der Waals surface area contributed by atoms with Crippen molar-refractivity contribution in [2.24, 2.45) is 0 Å². The quantitative estimate of drug-likeness (QED) is 0.468. The number of ether oxygens (including phenoxy) is 2. The van der Waals surface area contributed by atoms with Crippen LogP contribution in [0.4, 0.5) is 11.6 Å². The Morgan fingerprint density at radius 2 is 2.06 bits per heavy atom. The Kier molecular flexibility index (Phi) is 5.00. The number of hydrogen-bond acceptors (Lipinski definition) is 8. The first kappa shape index (κ1) is 21.5. The molecular weight excluding hydrogens is 460 g/mol. The van der Waals surface area contributed by atoms with Gasteiger partial charge in [0, 0.05) is 36.0 Å². The Balaban J connectivity index is 1.31. The first-order valence-corrected chi connectivity index (χ1v) is 12.3. The highest BCUT2D eigenvalue weighted by Crippen LogP contribution is 2.35. The third kappa shape index (κ3) is 3.46. The number of fused-ring (bicyclic) bond motifs is 3. The van der Waals surface area contributed by atoms with Gasteiger partial charge in [0.1, 0.15) is 17.7 Å². The van der Waals surface area contributed by atoms with E-state index >= 15 is 0 Å². The highest BCUT2D eigenvalue weighted by molar-refractivity contribution is 5.98. The van der Waals surface area contributed by atoms with Gasteiger partial charge in [0.15, 0.2) is 11.5 Å². The van der Waals surface area contributed by atoms with E-state index in [4.69, 9.17) is 19.4 Å². The summed E-state index contributed by atoms with van der Waals surface area (Å²) in [4.78, 5) is 26.5. The maximum absolute atomic E-state index is 12.8. The van der Waals surface area contributed by atoms with Crippen LogP contribution in [-0.4, -0.2) is 80.4 Å². The molecule has 0 aliphatic carbocycles. The second kappa shape index (κ2) is 8.38. The fourth-order valence-electron chi connectivity index (χ4n) is 5.38. The van der Waals surface area contributed by atoms with Crippen LogP contribution in [0, 0.1) is 0 Å². The second-order valence-corrected chi connectivity index (χ2v) is 9.55. The van der Waals surface area contributed by atoms with Gasteiger partial charge in [-0.15, -0.1) is 0 Å². The Labute approximate surface area is 207 Å². The maximum Gasteiger partial charge on any atom is 0.257 e. The number of hydrogen-bond donors (Lipinski definition) is 1. The summed E-state index contributed by atoms with van der Waals surface area (Å²) in [5.41, 5.74) is 2.62. The van der Waals surface area contributed by atoms with Crippen LogP contribution < -0.4 is 9.80 Å². The Hall–Kier alpha value is -3.83. The van der Waals surface area contributed by atoms with Crippen LogP contribution in [-0.2, 0) is 14.3 Å². The van der Waals surface area contributed by atoms with Crippen molar-refractivity contribution < 1.29 is 14.3 Å². The fraction of sp³-hybridized carbons (Fsp3) is 0.400. The van der Waals surface area contributed by atoms with Gasteiger partial charge in [0.25, 0.3) is 5.91 Å². The van der Waals surface area contributed by atoms with Crippen molar-refractivity contribution in [3.05, 3.63) is 42.9 Å². The first-order valence-electron chi connectivity index (χ1n) is 12.3. The van der Waals surface area contributed by atoms with Crippen molar-refractivity contribution >= 4 is 28.6 Å². The van der Waals surface area contributed by atoms with Gasteiger partial charge in [-0.1, -0.05) is 0 Å². The monoisotopic (exact) mass is 486 g/mol. The van der Waals surface area contributed by atoms with E-state index in [1.807, 2.05) is 30.6 Å². The molecule has 1 amide bonds. The predicted octanol–water partition coefficient (Wildman–Crippen LogP) is 2.32. The number of nitrogens with zero attached hydrogens (tertiary/aromatic N) is 7. The third-order valence-corrected chi connectivity index (χ3v) is 7.26. The standard InChI is InChI=1S/C25H26N8O3/c1-15-14-35-9-8-31(15)23-10-18(19-12-28-33(24(19)29-23)22-6-7-27-30-22)16-2-5-21(26-11-16)32-13-17-3-4-20(36-17)25(32)34/h2,5-7,10-12,15,17,20H,3-4,8-9,13-14H2,1H3,(H,27,30)/t15-,17?,20?/m1/s1. The molecule has 3 atom stereocenters. The van der Waals surface area contributed by atoms with Gasteiger partial charge < -0.3 is 14.4 Å². The summed E-state index contributed by atoms with van der Waals surface area (Å²) in [6.07, 6.45) is 6.87. The van der Waals surface area contributed by atoms with Gasteiger partial charge in [-0.2, -0.15) is 14.9 Å². The molecule has 184 valence electrons. The molecule has 3 saturated heterocycles. The van der Waals surface area contributed by atoms with Gasteiger partial charge in [-0.3, -0.25) is 14.8 Å². The van der Waals surface area contributed by atoms with Crippen molar-refractivity contribution in [2.45, 2.75) is 38.0 Å². The summed E-state index contributed by atoms with van der Waals surface area (Å²) in [6.45, 7) is 4.76. The van der Waals surface area contributed by atoms with E-state index in [9.17, 15) is 4.79 Å². The van der Waals surface area contributed by atoms with E-state index in [2.05, 4.69) is 33.2 Å². The summed E-state index contributed by atoms with van der Waals surface area (Å²) in [5, 5.41) is 12.6. The highest BCUT2D eigenvalue weighted by atomic mass is 16.5. The lowest BCUT2D eigenvalue weighted by Crippen LogP contribution is -2.48. The lowest BCUT2D eigenvalue weighted by molar-refractivity contribution is -0.133. The van der Waals surface area contributed by atoms with Crippen LogP contribution in [0.3, 0.4) is 0 Å². The minimum atomic E-state index is -0.337. The largest absolute Gasteiger partial charge is 0.377 e. The number of nitrogens with one attached hydrogen (secondary N) is 1. The van der Waals surface area contributed by atoms with E-state index < -0.39 is 0 Å². The molecule has 2 unspecified atom stereocenters. The number of aromatic nitrogens is 6. The summed E-state index contributed by atoms with van der Waals surface area (Å²) >= 11 is 0. The minimum absolute atomic E-state index is 0.000767. The molecule has 2 bridgehead atoms. The summed E-state index contributed by atoms with van der Waals surface area (Å²) in [7, 11) is 0. The molecular formula is C25H26N8O3. The zero-order chi connectivity index (χ0) is 24.2. The molecule has 11 nitrogen and oxygen atoms in total. The third-order valence-electron chi connectivity index (χ3n) is 7.26. The molecule has 11 heteroatoms. The molecule has 1 N–H and O–H groups in total. The number of carbonyl (C=O) groups excluding carboxylic acids is 1. The lowest BCUT2D eigenvalue weighted by Gasteiger charge is -2.34. The SMILES string of the molecule is C[C@@H]1COCCN1c1cc(-c2ccc(N3CC4CCC(O4)C3=O)nc2)c2cnn(-c3cc[nH]n3)c2n1. The molecule has 4 aromatic heterocycles. The number of H-pyrrole nitrogens is 1. The average Bonchev–Trinajstić information content (AvgIpc) is 3.66. The number of rotatable bonds is 4. The lowest BCUT2D eigenvalue weighted by atomic mass is 10.0. The van der Waals surface area contributed by atoms with Crippen molar-refractivity contribution in [3.63, 3.8) is 0 Å². The van der Waals surface area contributed by atoms with Crippen molar-refractivity contribution in [1.82, 2.24) is 29.9 Å². The molecule has 3 fully saturated rings. The highest BCUT2D eigenvalue weighted by Gasteiger charge is 2.41. The number of carbonyl (C=O) groups is 1. The topological polar surface area (TPSA) is 114 Å². The Bertz CT molecular complexity index is 1420. The average molecular weight is 487 g/mol. The number of anilines is 2. The summed E-state index contributed by atoms with van der Waals surface area (Å²) in [5.74, 6) is 2.18. The summed E-state index contributed by atoms with van der Waals surface area (Å²) < 4.78 is 13.2. The molecule has 0 spiro atoms. The number of aromatic amines is 1. The Morgan fingerprint density at radius 3 is 2.86 bits per heavy atom. The van der Waals surface area contributed by atoms with Crippen LogP contribution in [0.2, 0.25) is 0 Å². The van der Waals surface area contributed by atoms with E-state index in [1.54, 1.807) is 15.8 Å². The van der Waals surface area contributed by atoms with E-state index in [0.717, 1.165) is 47.4 Å². The van der Waals surface area contributed by atoms with E-state index in [0.29, 0.717) is 31.4 Å². The predicted molar refractivity (Wildman–Crippen MR) is 132 cm³/mol. The van der Waals surface area contributed by atoms with Crippen molar-refractivity contribution in [1.29, 1.82) is 0 Å². The molecule has 36 heavy (non-hydrogen) atoms. The van der Waals surface area contributed by atoms with Gasteiger partial charge in [0.05, 0.1) is 38.1 Å². The van der Waals surface area contributed by atoms with Crippen LogP contribution >= 0.6 is 0 Å². The Morgan fingerprint density at radius 1 is 1.11 bits per heavy atom. The zero-order valence-corrected chi connectivity index (χ0v) is 19.9. The number of pyridine rings is 2. The van der Waals surface area contributed by atoms with Crippen molar-refractivity contribution in [3.8, 4) is 16.9 Å². The molecule has 3 aliphatic rings. The van der Waals surface area contributed by atoms with Gasteiger partial charge >= 0.3 is 0 Å². The minimum Gasteiger partial charge on any atom is -0.377 e. The number of amides is 1.